The number of benzene rings is 1. The third-order valence-electron chi connectivity index (χ3n) is 1.92. The smallest absolute Gasteiger partial charge is 0.124 e. The van der Waals surface area contributed by atoms with Crippen molar-refractivity contribution in [3.05, 3.63) is 27.6 Å². The first-order valence-electron chi connectivity index (χ1n) is 5.00. The molecule has 0 unspecified atom stereocenters. The van der Waals surface area contributed by atoms with Crippen molar-refractivity contribution in [1.82, 2.24) is 0 Å². The topological polar surface area (TPSA) is 12.0 Å². The number of halogens is 2. The van der Waals surface area contributed by atoms with Gasteiger partial charge in [0.15, 0.2) is 0 Å². The molecule has 1 aromatic rings. The molecule has 1 nitrogen and oxygen atoms in total. The molecule has 0 saturated carbocycles. The van der Waals surface area contributed by atoms with E-state index >= 15 is 0 Å². The summed E-state index contributed by atoms with van der Waals surface area (Å²) >= 11 is 4.09. The third kappa shape index (κ3) is 5.06. The summed E-state index contributed by atoms with van der Waals surface area (Å²) in [5.74, 6) is 2.18. The Balaban J connectivity index is 2.31. The lowest BCUT2D eigenvalue weighted by atomic mass is 10.3. The van der Waals surface area contributed by atoms with Crippen molar-refractivity contribution in [2.45, 2.75) is 13.3 Å². The SMILES string of the molecule is CCSCCCNc1ccc(F)cc1I. The van der Waals surface area contributed by atoms with Gasteiger partial charge in [-0.25, -0.2) is 4.39 Å². The summed E-state index contributed by atoms with van der Waals surface area (Å²) in [6.45, 7) is 3.12. The van der Waals surface area contributed by atoms with E-state index in [2.05, 4.69) is 34.8 Å². The highest BCUT2D eigenvalue weighted by Gasteiger charge is 1.99. The zero-order valence-electron chi connectivity index (χ0n) is 8.72. The van der Waals surface area contributed by atoms with E-state index in [0.717, 1.165) is 22.2 Å². The van der Waals surface area contributed by atoms with Crippen LogP contribution in [-0.4, -0.2) is 18.1 Å². The van der Waals surface area contributed by atoms with Gasteiger partial charge in [-0.15, -0.1) is 0 Å². The predicted octanol–water partition coefficient (Wildman–Crippen LogP) is 3.99. The van der Waals surface area contributed by atoms with Gasteiger partial charge < -0.3 is 5.32 Å². The summed E-state index contributed by atoms with van der Waals surface area (Å²) in [5.41, 5.74) is 1.03. The molecule has 0 radical (unpaired) electrons. The number of hydrogen-bond donors (Lipinski definition) is 1. The van der Waals surface area contributed by atoms with Crippen LogP contribution in [0.1, 0.15) is 13.3 Å². The van der Waals surface area contributed by atoms with Crippen molar-refractivity contribution in [1.29, 1.82) is 0 Å². The summed E-state index contributed by atoms with van der Waals surface area (Å²) in [5, 5.41) is 3.31. The molecule has 0 bridgehead atoms. The van der Waals surface area contributed by atoms with E-state index in [-0.39, 0.29) is 5.82 Å². The average molecular weight is 339 g/mol. The first-order chi connectivity index (χ1) is 7.24. The Kier molecular flexibility index (Phi) is 6.40. The molecule has 0 heterocycles. The van der Waals surface area contributed by atoms with Crippen LogP contribution in [0.5, 0.6) is 0 Å². The molecule has 0 aliphatic rings. The predicted molar refractivity (Wildman–Crippen MR) is 75.2 cm³/mol. The molecule has 4 heteroatoms. The highest BCUT2D eigenvalue weighted by Crippen LogP contribution is 2.18. The Hall–Kier alpha value is 0.0300. The molecule has 15 heavy (non-hydrogen) atoms. The zero-order valence-corrected chi connectivity index (χ0v) is 11.7. The van der Waals surface area contributed by atoms with Gasteiger partial charge in [-0.05, 0) is 58.7 Å². The molecule has 1 rings (SSSR count). The van der Waals surface area contributed by atoms with Crippen LogP contribution in [0.15, 0.2) is 18.2 Å². The molecule has 0 aliphatic heterocycles. The van der Waals surface area contributed by atoms with E-state index in [1.807, 2.05) is 11.8 Å². The van der Waals surface area contributed by atoms with Crippen LogP contribution < -0.4 is 5.32 Å². The molecule has 0 aromatic heterocycles. The summed E-state index contributed by atoms with van der Waals surface area (Å²) in [6.07, 6.45) is 1.14. The molecule has 1 aromatic carbocycles. The molecular weight excluding hydrogens is 324 g/mol. The Bertz CT molecular complexity index is 307. The molecule has 0 saturated heterocycles. The standard InChI is InChI=1S/C11H15FINS/c1-2-15-7-3-6-14-11-5-4-9(12)8-10(11)13/h4-5,8,14H,2-3,6-7H2,1H3. The average Bonchev–Trinajstić information content (AvgIpc) is 2.20. The van der Waals surface area contributed by atoms with E-state index < -0.39 is 0 Å². The van der Waals surface area contributed by atoms with Crippen LogP contribution in [0.25, 0.3) is 0 Å². The molecule has 0 fully saturated rings. The molecule has 0 aliphatic carbocycles. The lowest BCUT2D eigenvalue weighted by Gasteiger charge is -2.08. The molecule has 0 amide bonds. The van der Waals surface area contributed by atoms with Gasteiger partial charge in [0.2, 0.25) is 0 Å². The second-order valence-electron chi connectivity index (χ2n) is 3.10. The van der Waals surface area contributed by atoms with Crippen LogP contribution in [0.2, 0.25) is 0 Å². The maximum atomic E-state index is 12.8. The van der Waals surface area contributed by atoms with Crippen LogP contribution in [0, 0.1) is 9.39 Å². The maximum Gasteiger partial charge on any atom is 0.124 e. The van der Waals surface area contributed by atoms with Gasteiger partial charge in [-0.2, -0.15) is 11.8 Å². The third-order valence-corrected chi connectivity index (χ3v) is 3.79. The first-order valence-corrected chi connectivity index (χ1v) is 7.24. The van der Waals surface area contributed by atoms with Crippen molar-refractivity contribution < 1.29 is 4.39 Å². The van der Waals surface area contributed by atoms with Crippen molar-refractivity contribution in [3.8, 4) is 0 Å². The normalized spacial score (nSPS) is 10.3. The lowest BCUT2D eigenvalue weighted by molar-refractivity contribution is 0.627. The van der Waals surface area contributed by atoms with Gasteiger partial charge in [0, 0.05) is 15.8 Å². The van der Waals surface area contributed by atoms with Crippen LogP contribution in [-0.2, 0) is 0 Å². The van der Waals surface area contributed by atoms with E-state index in [1.165, 1.54) is 17.6 Å². The lowest BCUT2D eigenvalue weighted by Crippen LogP contribution is -2.04. The summed E-state index contributed by atoms with van der Waals surface area (Å²) in [4.78, 5) is 0. The Morgan fingerprint density at radius 2 is 2.27 bits per heavy atom. The largest absolute Gasteiger partial charge is 0.384 e. The molecule has 0 atom stereocenters. The van der Waals surface area contributed by atoms with Gasteiger partial charge in [-0.3, -0.25) is 0 Å². The number of anilines is 1. The molecular formula is C11H15FINS. The van der Waals surface area contributed by atoms with Gasteiger partial charge >= 0.3 is 0 Å². The van der Waals surface area contributed by atoms with Crippen LogP contribution in [0.4, 0.5) is 10.1 Å². The van der Waals surface area contributed by atoms with Crippen LogP contribution >= 0.6 is 34.4 Å². The van der Waals surface area contributed by atoms with Gasteiger partial charge in [0.25, 0.3) is 0 Å². The van der Waals surface area contributed by atoms with E-state index in [1.54, 1.807) is 12.1 Å². The minimum absolute atomic E-state index is 0.175. The minimum atomic E-state index is -0.175. The van der Waals surface area contributed by atoms with Gasteiger partial charge in [0.05, 0.1) is 0 Å². The van der Waals surface area contributed by atoms with Crippen LogP contribution in [0.3, 0.4) is 0 Å². The number of nitrogens with one attached hydrogen (secondary N) is 1. The molecule has 0 spiro atoms. The summed E-state index contributed by atoms with van der Waals surface area (Å²) in [6, 6.07) is 4.83. The summed E-state index contributed by atoms with van der Waals surface area (Å²) < 4.78 is 13.7. The Morgan fingerprint density at radius 1 is 1.47 bits per heavy atom. The van der Waals surface area contributed by atoms with Gasteiger partial charge in [0.1, 0.15) is 5.82 Å². The second-order valence-corrected chi connectivity index (χ2v) is 5.66. The van der Waals surface area contributed by atoms with E-state index in [9.17, 15) is 4.39 Å². The van der Waals surface area contributed by atoms with Gasteiger partial charge in [-0.1, -0.05) is 6.92 Å². The fourth-order valence-electron chi connectivity index (χ4n) is 1.17. The Morgan fingerprint density at radius 3 is 2.93 bits per heavy atom. The number of thioether (sulfide) groups is 1. The fraction of sp³-hybridized carbons (Fsp3) is 0.455. The molecule has 1 N–H and O–H groups in total. The maximum absolute atomic E-state index is 12.8. The monoisotopic (exact) mass is 339 g/mol. The molecule has 84 valence electrons. The summed E-state index contributed by atoms with van der Waals surface area (Å²) in [7, 11) is 0. The zero-order chi connectivity index (χ0) is 11.1. The number of hydrogen-bond acceptors (Lipinski definition) is 2. The van der Waals surface area contributed by atoms with Crippen molar-refractivity contribution in [3.63, 3.8) is 0 Å². The van der Waals surface area contributed by atoms with Crippen molar-refractivity contribution >= 4 is 40.0 Å². The highest BCUT2D eigenvalue weighted by atomic mass is 127. The first kappa shape index (κ1) is 13.1. The minimum Gasteiger partial charge on any atom is -0.384 e. The quantitative estimate of drug-likeness (QED) is 0.621. The number of rotatable bonds is 6. The van der Waals surface area contributed by atoms with Crippen molar-refractivity contribution in [2.24, 2.45) is 0 Å². The van der Waals surface area contributed by atoms with E-state index in [0.29, 0.717) is 0 Å². The van der Waals surface area contributed by atoms with Crippen molar-refractivity contribution in [2.75, 3.05) is 23.4 Å². The van der Waals surface area contributed by atoms with E-state index in [4.69, 9.17) is 0 Å². The second kappa shape index (κ2) is 7.33. The Labute approximate surface area is 108 Å². The highest BCUT2D eigenvalue weighted by molar-refractivity contribution is 14.1. The fourth-order valence-corrected chi connectivity index (χ4v) is 2.48.